The van der Waals surface area contributed by atoms with Gasteiger partial charge in [-0.3, -0.25) is 9.59 Å². The molecule has 1 N–H and O–H groups in total. The minimum Gasteiger partial charge on any atom is -0.481 e. The molecule has 0 radical (unpaired) electrons. The fourth-order valence-corrected chi connectivity index (χ4v) is 2.51. The number of hydrogen-bond acceptors (Lipinski definition) is 2. The summed E-state index contributed by atoms with van der Waals surface area (Å²) >= 11 is 0. The van der Waals surface area contributed by atoms with E-state index in [9.17, 15) is 9.59 Å². The molecule has 0 saturated heterocycles. The predicted octanol–water partition coefficient (Wildman–Crippen LogP) is 5.01. The van der Waals surface area contributed by atoms with Crippen LogP contribution >= 0.6 is 0 Å². The molecule has 0 fully saturated rings. The van der Waals surface area contributed by atoms with Crippen molar-refractivity contribution >= 4 is 11.8 Å². The van der Waals surface area contributed by atoms with E-state index in [2.05, 4.69) is 19.1 Å². The van der Waals surface area contributed by atoms with E-state index in [1.54, 1.807) is 6.08 Å². The van der Waals surface area contributed by atoms with Gasteiger partial charge in [0.2, 0.25) is 0 Å². The molecular formula is C20H28O3. The van der Waals surface area contributed by atoms with Crippen molar-refractivity contribution in [3.05, 3.63) is 48.1 Å². The van der Waals surface area contributed by atoms with Crippen LogP contribution in [0.3, 0.4) is 0 Å². The average molecular weight is 316 g/mol. The summed E-state index contributed by atoms with van der Waals surface area (Å²) < 4.78 is 0. The summed E-state index contributed by atoms with van der Waals surface area (Å²) in [6, 6.07) is 0. The lowest BCUT2D eigenvalue weighted by atomic mass is 9.96. The van der Waals surface area contributed by atoms with Crippen LogP contribution in [0.1, 0.15) is 58.3 Å². The van der Waals surface area contributed by atoms with Crippen LogP contribution in [0.15, 0.2) is 48.1 Å². The summed E-state index contributed by atoms with van der Waals surface area (Å²) in [5.74, 6) is -0.679. The van der Waals surface area contributed by atoms with Crippen LogP contribution in [-0.2, 0) is 9.59 Å². The van der Waals surface area contributed by atoms with Gasteiger partial charge in [-0.1, -0.05) is 56.2 Å². The van der Waals surface area contributed by atoms with Crippen molar-refractivity contribution in [2.45, 2.75) is 58.3 Å². The first-order chi connectivity index (χ1) is 11.1. The topological polar surface area (TPSA) is 54.4 Å². The van der Waals surface area contributed by atoms with Crippen LogP contribution < -0.4 is 0 Å². The summed E-state index contributed by atoms with van der Waals surface area (Å²) in [4.78, 5) is 22.3. The Morgan fingerprint density at radius 2 is 1.91 bits per heavy atom. The smallest absolute Gasteiger partial charge is 0.303 e. The summed E-state index contributed by atoms with van der Waals surface area (Å²) in [5, 5.41) is 8.57. The van der Waals surface area contributed by atoms with Gasteiger partial charge in [-0.05, 0) is 43.8 Å². The summed E-state index contributed by atoms with van der Waals surface area (Å²) in [5.41, 5.74) is 1.07. The van der Waals surface area contributed by atoms with Gasteiger partial charge in [-0.15, -0.1) is 0 Å². The van der Waals surface area contributed by atoms with E-state index in [1.807, 2.05) is 24.3 Å². The number of hydrogen-bond donors (Lipinski definition) is 1. The molecule has 0 saturated carbocycles. The standard InChI is InChI=1S/C20H28O3/c1-2-3-4-5-6-9-12-17-15-16-19(21)18(17)13-10-7-8-11-14-20(22)23/h6-7,9-10,12,15-16,18H,2-5,8,11,13-14H2,1H3,(H,22,23)/b9-6+,10-7+,17-12-/t18-/m1/s1. The molecule has 0 aromatic carbocycles. The van der Waals surface area contributed by atoms with Gasteiger partial charge in [0.1, 0.15) is 0 Å². The van der Waals surface area contributed by atoms with E-state index >= 15 is 0 Å². The van der Waals surface area contributed by atoms with Crippen molar-refractivity contribution in [3.63, 3.8) is 0 Å². The molecule has 3 nitrogen and oxygen atoms in total. The second-order valence-corrected chi connectivity index (χ2v) is 5.87. The number of rotatable bonds is 11. The zero-order valence-electron chi connectivity index (χ0n) is 14.0. The van der Waals surface area contributed by atoms with Crippen molar-refractivity contribution in [3.8, 4) is 0 Å². The zero-order chi connectivity index (χ0) is 16.9. The average Bonchev–Trinajstić information content (AvgIpc) is 2.86. The normalized spacial score (nSPS) is 19.6. The number of carboxylic acid groups (broad SMARTS) is 1. The third-order valence-electron chi connectivity index (χ3n) is 3.88. The maximum atomic E-state index is 11.9. The second kappa shape index (κ2) is 11.6. The molecule has 0 amide bonds. The molecule has 1 aliphatic carbocycles. The number of allylic oxidation sites excluding steroid dienone is 8. The van der Waals surface area contributed by atoms with Crippen LogP contribution in [-0.4, -0.2) is 16.9 Å². The van der Waals surface area contributed by atoms with Crippen LogP contribution in [0.5, 0.6) is 0 Å². The second-order valence-electron chi connectivity index (χ2n) is 5.87. The zero-order valence-corrected chi connectivity index (χ0v) is 14.0. The van der Waals surface area contributed by atoms with Crippen molar-refractivity contribution in [1.82, 2.24) is 0 Å². The molecule has 0 heterocycles. The highest BCUT2D eigenvalue weighted by Crippen LogP contribution is 2.25. The molecular weight excluding hydrogens is 288 g/mol. The van der Waals surface area contributed by atoms with Crippen LogP contribution in [0.25, 0.3) is 0 Å². The van der Waals surface area contributed by atoms with Gasteiger partial charge >= 0.3 is 5.97 Å². The third kappa shape index (κ3) is 8.34. The van der Waals surface area contributed by atoms with Crippen LogP contribution in [0.2, 0.25) is 0 Å². The van der Waals surface area contributed by atoms with E-state index < -0.39 is 5.97 Å². The van der Waals surface area contributed by atoms with Crippen molar-refractivity contribution in [2.75, 3.05) is 0 Å². The molecule has 1 aliphatic rings. The first kappa shape index (κ1) is 19.1. The lowest BCUT2D eigenvalue weighted by Gasteiger charge is -2.07. The summed E-state index contributed by atoms with van der Waals surface area (Å²) in [6.07, 6.45) is 20.9. The van der Waals surface area contributed by atoms with Gasteiger partial charge in [0.05, 0.1) is 5.92 Å². The van der Waals surface area contributed by atoms with Gasteiger partial charge < -0.3 is 5.11 Å². The number of aliphatic carboxylic acids is 1. The largest absolute Gasteiger partial charge is 0.481 e. The van der Waals surface area contributed by atoms with Gasteiger partial charge in [0, 0.05) is 6.42 Å². The molecule has 0 unspecified atom stereocenters. The Hall–Kier alpha value is -1.90. The van der Waals surface area contributed by atoms with E-state index in [1.165, 1.54) is 19.3 Å². The maximum Gasteiger partial charge on any atom is 0.303 e. The quantitative estimate of drug-likeness (QED) is 0.431. The predicted molar refractivity (Wildman–Crippen MR) is 94.2 cm³/mol. The van der Waals surface area contributed by atoms with Crippen LogP contribution in [0, 0.1) is 5.92 Å². The first-order valence-corrected chi connectivity index (χ1v) is 8.60. The Bertz CT molecular complexity index is 495. The highest BCUT2D eigenvalue weighted by atomic mass is 16.4. The SMILES string of the molecule is CCCCC/C=C/C=C1/C=CC(=O)[C@@H]1C/C=C/CCCC(=O)O. The monoisotopic (exact) mass is 316 g/mol. The minimum atomic E-state index is -0.760. The van der Waals surface area contributed by atoms with Crippen molar-refractivity contribution in [2.24, 2.45) is 5.92 Å². The van der Waals surface area contributed by atoms with Crippen molar-refractivity contribution < 1.29 is 14.7 Å². The van der Waals surface area contributed by atoms with E-state index in [-0.39, 0.29) is 18.1 Å². The third-order valence-corrected chi connectivity index (χ3v) is 3.88. The van der Waals surface area contributed by atoms with E-state index in [0.717, 1.165) is 18.4 Å². The number of ketones is 1. The summed E-state index contributed by atoms with van der Waals surface area (Å²) in [7, 11) is 0. The molecule has 1 atom stereocenters. The molecule has 0 bridgehead atoms. The Morgan fingerprint density at radius 1 is 1.13 bits per heavy atom. The number of carbonyl (C=O) groups excluding carboxylic acids is 1. The van der Waals surface area contributed by atoms with Gasteiger partial charge in [0.15, 0.2) is 5.78 Å². The fourth-order valence-electron chi connectivity index (χ4n) is 2.51. The lowest BCUT2D eigenvalue weighted by Crippen LogP contribution is -2.07. The molecule has 126 valence electrons. The minimum absolute atomic E-state index is 0.0778. The number of carboxylic acids is 1. The Balaban J connectivity index is 2.38. The Kier molecular flexibility index (Phi) is 9.69. The molecule has 1 rings (SSSR count). The maximum absolute atomic E-state index is 11.9. The summed E-state index contributed by atoms with van der Waals surface area (Å²) in [6.45, 7) is 2.19. The highest BCUT2D eigenvalue weighted by molar-refractivity contribution is 5.98. The molecule has 0 spiro atoms. The Labute approximate surface area is 139 Å². The first-order valence-electron chi connectivity index (χ1n) is 8.60. The lowest BCUT2D eigenvalue weighted by molar-refractivity contribution is -0.137. The number of carbonyl (C=O) groups is 2. The molecule has 0 aliphatic heterocycles. The van der Waals surface area contributed by atoms with Crippen LogP contribution in [0.4, 0.5) is 0 Å². The molecule has 3 heteroatoms. The fraction of sp³-hybridized carbons (Fsp3) is 0.500. The Morgan fingerprint density at radius 3 is 2.65 bits per heavy atom. The molecule has 0 aromatic heterocycles. The molecule has 0 aromatic rings. The van der Waals surface area contributed by atoms with Gasteiger partial charge in [-0.2, -0.15) is 0 Å². The highest BCUT2D eigenvalue weighted by Gasteiger charge is 2.22. The molecule has 23 heavy (non-hydrogen) atoms. The van der Waals surface area contributed by atoms with Gasteiger partial charge in [0.25, 0.3) is 0 Å². The number of unbranched alkanes of at least 4 members (excludes halogenated alkanes) is 4. The van der Waals surface area contributed by atoms with E-state index in [4.69, 9.17) is 5.11 Å². The van der Waals surface area contributed by atoms with E-state index in [0.29, 0.717) is 12.8 Å². The van der Waals surface area contributed by atoms with Gasteiger partial charge in [-0.25, -0.2) is 0 Å². The van der Waals surface area contributed by atoms with Crippen molar-refractivity contribution in [1.29, 1.82) is 0 Å².